The van der Waals surface area contributed by atoms with Gasteiger partial charge in [-0.1, -0.05) is 42.5 Å². The van der Waals surface area contributed by atoms with Crippen LogP contribution in [0.15, 0.2) is 48.5 Å². The van der Waals surface area contributed by atoms with Crippen molar-refractivity contribution in [2.75, 3.05) is 15.9 Å². The third-order valence-corrected chi connectivity index (χ3v) is 6.48. The van der Waals surface area contributed by atoms with Crippen molar-refractivity contribution in [3.63, 3.8) is 0 Å². The van der Waals surface area contributed by atoms with Gasteiger partial charge in [-0.15, -0.1) is 0 Å². The molecule has 1 N–H and O–H groups in total. The number of fused-ring (bicyclic) bond motifs is 1. The standard InChI is InChI=1S/C23H27F3N2O2S/c1-15-14-18(10-12-19(15)27-31(5,29)30)16(2)28-20-9-7-6-8-17(20)11-13-21(28)22(3,4)23(24,25)26/h6-14,16,21,27H,1-5H3/t16-,21?/m1/s1. The lowest BCUT2D eigenvalue weighted by Gasteiger charge is -2.47. The molecule has 0 radical (unpaired) electrons. The quantitative estimate of drug-likeness (QED) is 0.613. The van der Waals surface area contributed by atoms with Gasteiger partial charge in [0, 0.05) is 5.69 Å². The van der Waals surface area contributed by atoms with E-state index in [-0.39, 0.29) is 6.04 Å². The molecule has 3 rings (SSSR count). The molecule has 0 aliphatic carbocycles. The first kappa shape index (κ1) is 23.2. The van der Waals surface area contributed by atoms with E-state index in [1.54, 1.807) is 36.1 Å². The van der Waals surface area contributed by atoms with E-state index in [0.717, 1.165) is 23.1 Å². The van der Waals surface area contributed by atoms with Gasteiger partial charge in [-0.3, -0.25) is 4.72 Å². The highest BCUT2D eigenvalue weighted by atomic mass is 32.2. The molecular weight excluding hydrogens is 425 g/mol. The Hall–Kier alpha value is -2.48. The highest BCUT2D eigenvalue weighted by molar-refractivity contribution is 7.92. The first-order valence-electron chi connectivity index (χ1n) is 9.93. The largest absolute Gasteiger partial charge is 0.396 e. The van der Waals surface area contributed by atoms with E-state index in [1.165, 1.54) is 13.8 Å². The van der Waals surface area contributed by atoms with E-state index in [1.807, 2.05) is 37.3 Å². The smallest absolute Gasteiger partial charge is 0.357 e. The van der Waals surface area contributed by atoms with Crippen LogP contribution in [0.3, 0.4) is 0 Å². The monoisotopic (exact) mass is 452 g/mol. The molecule has 1 aliphatic heterocycles. The van der Waals surface area contributed by atoms with Crippen LogP contribution < -0.4 is 9.62 Å². The molecule has 2 atom stereocenters. The topological polar surface area (TPSA) is 49.4 Å². The summed E-state index contributed by atoms with van der Waals surface area (Å²) in [6.45, 7) is 6.08. The maximum Gasteiger partial charge on any atom is 0.396 e. The number of anilines is 2. The molecule has 0 bridgehead atoms. The van der Waals surface area contributed by atoms with E-state index < -0.39 is 27.7 Å². The van der Waals surface area contributed by atoms with Crippen molar-refractivity contribution in [3.05, 3.63) is 65.2 Å². The van der Waals surface area contributed by atoms with Gasteiger partial charge in [-0.05, 0) is 56.5 Å². The third-order valence-electron chi connectivity index (χ3n) is 5.89. The lowest BCUT2D eigenvalue weighted by atomic mass is 9.79. The van der Waals surface area contributed by atoms with Crippen LogP contribution in [0.25, 0.3) is 6.08 Å². The van der Waals surface area contributed by atoms with Gasteiger partial charge >= 0.3 is 6.18 Å². The number of hydrogen-bond acceptors (Lipinski definition) is 3. The molecule has 0 spiro atoms. The van der Waals surface area contributed by atoms with Gasteiger partial charge in [0.2, 0.25) is 10.0 Å². The second kappa shape index (κ2) is 7.89. The van der Waals surface area contributed by atoms with Crippen molar-refractivity contribution in [3.8, 4) is 0 Å². The predicted octanol–water partition coefficient (Wildman–Crippen LogP) is 5.92. The fourth-order valence-electron chi connectivity index (χ4n) is 3.93. The van der Waals surface area contributed by atoms with Gasteiger partial charge in [0.15, 0.2) is 0 Å². The lowest BCUT2D eigenvalue weighted by molar-refractivity contribution is -0.215. The summed E-state index contributed by atoms with van der Waals surface area (Å²) in [5, 5.41) is 0. The zero-order valence-corrected chi connectivity index (χ0v) is 19.0. The summed E-state index contributed by atoms with van der Waals surface area (Å²) in [4.78, 5) is 1.81. The molecule has 2 aromatic carbocycles. The predicted molar refractivity (Wildman–Crippen MR) is 120 cm³/mol. The van der Waals surface area contributed by atoms with Crippen molar-refractivity contribution in [1.29, 1.82) is 0 Å². The van der Waals surface area contributed by atoms with Crippen LogP contribution in [-0.2, 0) is 10.0 Å². The first-order chi connectivity index (χ1) is 14.2. The number of sulfonamides is 1. The van der Waals surface area contributed by atoms with Crippen molar-refractivity contribution in [2.45, 2.75) is 46.0 Å². The van der Waals surface area contributed by atoms with Crippen LogP contribution in [0.5, 0.6) is 0 Å². The van der Waals surface area contributed by atoms with Crippen molar-refractivity contribution < 1.29 is 21.6 Å². The van der Waals surface area contributed by atoms with E-state index >= 15 is 0 Å². The molecule has 0 fully saturated rings. The van der Waals surface area contributed by atoms with Crippen molar-refractivity contribution >= 4 is 27.5 Å². The van der Waals surface area contributed by atoms with E-state index in [2.05, 4.69) is 4.72 Å². The molecular formula is C23H27F3N2O2S. The normalized spacial score (nSPS) is 17.9. The van der Waals surface area contributed by atoms with Crippen LogP contribution in [0.1, 0.15) is 43.5 Å². The molecule has 0 aromatic heterocycles. The van der Waals surface area contributed by atoms with Gasteiger partial charge < -0.3 is 4.90 Å². The van der Waals surface area contributed by atoms with E-state index in [0.29, 0.717) is 11.3 Å². The van der Waals surface area contributed by atoms with Crippen LogP contribution >= 0.6 is 0 Å². The lowest BCUT2D eigenvalue weighted by Crippen LogP contribution is -2.53. The minimum absolute atomic E-state index is 0.385. The zero-order chi connectivity index (χ0) is 23.2. The minimum atomic E-state index is -4.40. The molecule has 0 saturated carbocycles. The summed E-state index contributed by atoms with van der Waals surface area (Å²) in [6, 6.07) is 11.3. The molecule has 1 unspecified atom stereocenters. The average molecular weight is 453 g/mol. The first-order valence-corrected chi connectivity index (χ1v) is 11.8. The molecule has 31 heavy (non-hydrogen) atoms. The van der Waals surface area contributed by atoms with Gasteiger partial charge in [-0.2, -0.15) is 13.2 Å². The van der Waals surface area contributed by atoms with Crippen LogP contribution in [-0.4, -0.2) is 26.9 Å². The molecule has 0 saturated heterocycles. The summed E-state index contributed by atoms with van der Waals surface area (Å²) in [5.74, 6) is 0. The highest BCUT2D eigenvalue weighted by Crippen LogP contribution is 2.48. The SMILES string of the molecule is Cc1cc([C@@H](C)N2c3ccccc3C=CC2C(C)(C)C(F)(F)F)ccc1NS(C)(=O)=O. The fraction of sp³-hybridized carbons (Fsp3) is 0.391. The molecule has 168 valence electrons. The van der Waals surface area contributed by atoms with Crippen LogP contribution in [0.2, 0.25) is 0 Å². The van der Waals surface area contributed by atoms with Crippen molar-refractivity contribution in [1.82, 2.24) is 0 Å². The number of nitrogens with one attached hydrogen (secondary N) is 1. The molecule has 8 heteroatoms. The Balaban J connectivity index is 2.08. The Bertz CT molecular complexity index is 1110. The summed E-state index contributed by atoms with van der Waals surface area (Å²) < 4.78 is 67.5. The van der Waals surface area contributed by atoms with Gasteiger partial charge in [0.1, 0.15) is 0 Å². The summed E-state index contributed by atoms with van der Waals surface area (Å²) >= 11 is 0. The zero-order valence-electron chi connectivity index (χ0n) is 18.2. The van der Waals surface area contributed by atoms with Gasteiger partial charge in [0.05, 0.1) is 29.4 Å². The Morgan fingerprint density at radius 3 is 2.32 bits per heavy atom. The number of halogens is 3. The Morgan fingerprint density at radius 1 is 1.10 bits per heavy atom. The molecule has 1 heterocycles. The van der Waals surface area contributed by atoms with Gasteiger partial charge in [-0.25, -0.2) is 8.42 Å². The van der Waals surface area contributed by atoms with Crippen LogP contribution in [0, 0.1) is 12.3 Å². The summed E-state index contributed by atoms with van der Waals surface area (Å²) in [5.41, 5.74) is 1.54. The Kier molecular flexibility index (Phi) is 5.90. The van der Waals surface area contributed by atoms with Crippen LogP contribution in [0.4, 0.5) is 24.5 Å². The number of nitrogens with zero attached hydrogens (tertiary/aromatic N) is 1. The summed E-state index contributed by atoms with van der Waals surface area (Å²) in [6.07, 6.45) is 0.0507. The third kappa shape index (κ3) is 4.59. The molecule has 4 nitrogen and oxygen atoms in total. The number of benzene rings is 2. The number of aryl methyl sites for hydroxylation is 1. The number of para-hydroxylation sites is 1. The maximum absolute atomic E-state index is 14.0. The minimum Gasteiger partial charge on any atom is -0.357 e. The van der Waals surface area contributed by atoms with E-state index in [4.69, 9.17) is 0 Å². The molecule has 2 aromatic rings. The average Bonchev–Trinajstić information content (AvgIpc) is 2.66. The Labute approximate surface area is 181 Å². The highest BCUT2D eigenvalue weighted by Gasteiger charge is 2.54. The second-order valence-electron chi connectivity index (χ2n) is 8.61. The maximum atomic E-state index is 14.0. The molecule has 1 aliphatic rings. The number of hydrogen-bond donors (Lipinski definition) is 1. The second-order valence-corrected chi connectivity index (χ2v) is 10.4. The fourth-order valence-corrected chi connectivity index (χ4v) is 4.56. The Morgan fingerprint density at radius 2 is 1.74 bits per heavy atom. The number of alkyl halides is 3. The molecule has 0 amide bonds. The van der Waals surface area contributed by atoms with Crippen molar-refractivity contribution in [2.24, 2.45) is 5.41 Å². The van der Waals surface area contributed by atoms with Gasteiger partial charge in [0.25, 0.3) is 0 Å². The summed E-state index contributed by atoms with van der Waals surface area (Å²) in [7, 11) is -3.43. The number of rotatable bonds is 5. The van der Waals surface area contributed by atoms with E-state index in [9.17, 15) is 21.6 Å².